The monoisotopic (exact) mass is 290 g/mol. The maximum absolute atomic E-state index is 13.7. The zero-order chi connectivity index (χ0) is 15.4. The number of hydrogen-bond acceptors (Lipinski definition) is 3. The van der Waals surface area contributed by atoms with Crippen molar-refractivity contribution in [2.45, 2.75) is 26.8 Å². The highest BCUT2D eigenvalue weighted by atomic mass is 19.1. The first-order chi connectivity index (χ1) is 10.0. The molecule has 3 N–H and O–H groups in total. The summed E-state index contributed by atoms with van der Waals surface area (Å²) in [4.78, 5) is 12.3. The fourth-order valence-electron chi connectivity index (χ4n) is 2.11. The summed E-state index contributed by atoms with van der Waals surface area (Å²) < 4.78 is 15.5. The van der Waals surface area contributed by atoms with Gasteiger partial charge in [0.2, 0.25) is 0 Å². The Labute approximate surface area is 123 Å². The molecule has 0 radical (unpaired) electrons. The first kappa shape index (κ1) is 15.2. The molecule has 1 aromatic carbocycles. The Morgan fingerprint density at radius 3 is 2.86 bits per heavy atom. The van der Waals surface area contributed by atoms with E-state index in [0.29, 0.717) is 24.2 Å². The van der Waals surface area contributed by atoms with Crippen LogP contribution in [0.15, 0.2) is 24.4 Å². The Bertz CT molecular complexity index is 631. The summed E-state index contributed by atoms with van der Waals surface area (Å²) in [6, 6.07) is 4.67. The van der Waals surface area contributed by atoms with Gasteiger partial charge in [0.1, 0.15) is 5.82 Å². The predicted molar refractivity (Wildman–Crippen MR) is 79.7 cm³/mol. The van der Waals surface area contributed by atoms with Crippen molar-refractivity contribution < 1.29 is 9.18 Å². The number of nitrogens with two attached hydrogens (primary N) is 1. The molecule has 112 valence electrons. The van der Waals surface area contributed by atoms with Gasteiger partial charge in [-0.2, -0.15) is 5.10 Å². The summed E-state index contributed by atoms with van der Waals surface area (Å²) in [7, 11) is 0. The van der Waals surface area contributed by atoms with Crippen molar-refractivity contribution in [1.29, 1.82) is 0 Å². The number of rotatable bonds is 5. The Morgan fingerprint density at radius 1 is 1.43 bits per heavy atom. The zero-order valence-corrected chi connectivity index (χ0v) is 12.2. The summed E-state index contributed by atoms with van der Waals surface area (Å²) in [5.74, 6) is -0.809. The number of para-hydroxylation sites is 1. The van der Waals surface area contributed by atoms with Crippen LogP contribution in [0.5, 0.6) is 0 Å². The van der Waals surface area contributed by atoms with E-state index in [1.54, 1.807) is 23.7 Å². The van der Waals surface area contributed by atoms with Crippen LogP contribution >= 0.6 is 0 Å². The second kappa shape index (κ2) is 6.49. The van der Waals surface area contributed by atoms with Gasteiger partial charge in [-0.3, -0.25) is 9.48 Å². The number of carbonyl (C=O) groups is 1. The molecule has 5 nitrogen and oxygen atoms in total. The molecule has 2 rings (SSSR count). The van der Waals surface area contributed by atoms with Crippen LogP contribution in [0, 0.1) is 19.7 Å². The number of nitrogens with one attached hydrogen (secondary N) is 1. The Morgan fingerprint density at radius 2 is 2.19 bits per heavy atom. The second-order valence-electron chi connectivity index (χ2n) is 4.89. The van der Waals surface area contributed by atoms with Crippen molar-refractivity contribution >= 4 is 11.6 Å². The lowest BCUT2D eigenvalue weighted by atomic mass is 10.1. The van der Waals surface area contributed by atoms with Gasteiger partial charge in [-0.05, 0) is 38.4 Å². The van der Waals surface area contributed by atoms with E-state index in [9.17, 15) is 9.18 Å². The Kier molecular flexibility index (Phi) is 4.70. The summed E-state index contributed by atoms with van der Waals surface area (Å²) in [5, 5.41) is 6.78. The quantitative estimate of drug-likeness (QED) is 0.887. The van der Waals surface area contributed by atoms with Gasteiger partial charge in [0.05, 0.1) is 17.4 Å². The molecule has 1 aromatic heterocycles. The van der Waals surface area contributed by atoms with Crippen molar-refractivity contribution in [2.75, 3.05) is 11.9 Å². The van der Waals surface area contributed by atoms with Crippen molar-refractivity contribution in [3.05, 3.63) is 47.0 Å². The third-order valence-corrected chi connectivity index (χ3v) is 3.38. The number of halogens is 1. The highest BCUT2D eigenvalue weighted by Crippen LogP contribution is 2.20. The molecular formula is C15H19FN4O. The molecule has 2 aromatic rings. The number of benzene rings is 1. The average Bonchev–Trinajstić information content (AvgIpc) is 2.82. The largest absolute Gasteiger partial charge is 0.330 e. The molecule has 1 amide bonds. The van der Waals surface area contributed by atoms with Gasteiger partial charge in [-0.25, -0.2) is 4.39 Å². The number of aromatic nitrogens is 2. The summed E-state index contributed by atoms with van der Waals surface area (Å²) in [6.45, 7) is 4.78. The van der Waals surface area contributed by atoms with E-state index in [1.807, 2.05) is 6.92 Å². The van der Waals surface area contributed by atoms with E-state index in [0.717, 1.165) is 12.1 Å². The van der Waals surface area contributed by atoms with Gasteiger partial charge in [-0.15, -0.1) is 0 Å². The van der Waals surface area contributed by atoms with Gasteiger partial charge in [-0.1, -0.05) is 12.1 Å². The van der Waals surface area contributed by atoms with Crippen LogP contribution in [0.1, 0.15) is 28.0 Å². The molecule has 0 saturated heterocycles. The molecule has 0 fully saturated rings. The number of hydrogen-bond donors (Lipinski definition) is 2. The van der Waals surface area contributed by atoms with Gasteiger partial charge in [0.15, 0.2) is 0 Å². The van der Waals surface area contributed by atoms with Crippen LogP contribution in [-0.2, 0) is 6.54 Å². The molecule has 0 aliphatic heterocycles. The number of amides is 1. The number of anilines is 1. The standard InChI is InChI=1S/C15H19FN4O/c1-10-5-3-6-13(16)14(10)19-15(21)12-9-18-20(11(12)2)8-4-7-17/h3,5-6,9H,4,7-8,17H2,1-2H3,(H,19,21). The zero-order valence-electron chi connectivity index (χ0n) is 12.2. The molecule has 1 heterocycles. The molecule has 21 heavy (non-hydrogen) atoms. The van der Waals surface area contributed by atoms with Gasteiger partial charge >= 0.3 is 0 Å². The fourth-order valence-corrected chi connectivity index (χ4v) is 2.11. The van der Waals surface area contributed by atoms with E-state index in [4.69, 9.17) is 5.73 Å². The van der Waals surface area contributed by atoms with Crippen LogP contribution in [-0.4, -0.2) is 22.2 Å². The first-order valence-electron chi connectivity index (χ1n) is 6.83. The van der Waals surface area contributed by atoms with E-state index in [-0.39, 0.29) is 11.6 Å². The molecule has 0 aliphatic carbocycles. The highest BCUT2D eigenvalue weighted by molar-refractivity contribution is 6.05. The minimum absolute atomic E-state index is 0.205. The molecule has 0 bridgehead atoms. The van der Waals surface area contributed by atoms with Crippen LogP contribution in [0.4, 0.5) is 10.1 Å². The van der Waals surface area contributed by atoms with Crippen LogP contribution in [0.3, 0.4) is 0 Å². The van der Waals surface area contributed by atoms with Crippen molar-refractivity contribution in [3.63, 3.8) is 0 Å². The van der Waals surface area contributed by atoms with Crippen molar-refractivity contribution in [3.8, 4) is 0 Å². The highest BCUT2D eigenvalue weighted by Gasteiger charge is 2.16. The average molecular weight is 290 g/mol. The molecule has 0 spiro atoms. The molecular weight excluding hydrogens is 271 g/mol. The van der Waals surface area contributed by atoms with Gasteiger partial charge < -0.3 is 11.1 Å². The van der Waals surface area contributed by atoms with Crippen LogP contribution in [0.25, 0.3) is 0 Å². The Hall–Kier alpha value is -2.21. The second-order valence-corrected chi connectivity index (χ2v) is 4.89. The van der Waals surface area contributed by atoms with Crippen molar-refractivity contribution in [2.24, 2.45) is 5.73 Å². The van der Waals surface area contributed by atoms with E-state index >= 15 is 0 Å². The van der Waals surface area contributed by atoms with Gasteiger partial charge in [0, 0.05) is 12.2 Å². The lowest BCUT2D eigenvalue weighted by Crippen LogP contribution is -2.15. The van der Waals surface area contributed by atoms with E-state index < -0.39 is 5.82 Å². The lowest BCUT2D eigenvalue weighted by Gasteiger charge is -2.09. The van der Waals surface area contributed by atoms with Crippen molar-refractivity contribution in [1.82, 2.24) is 9.78 Å². The topological polar surface area (TPSA) is 72.9 Å². The molecule has 6 heteroatoms. The normalized spacial score (nSPS) is 10.7. The molecule has 0 saturated carbocycles. The third-order valence-electron chi connectivity index (χ3n) is 3.38. The van der Waals surface area contributed by atoms with Crippen LogP contribution in [0.2, 0.25) is 0 Å². The first-order valence-corrected chi connectivity index (χ1v) is 6.83. The summed E-state index contributed by atoms with van der Waals surface area (Å²) >= 11 is 0. The summed E-state index contributed by atoms with van der Waals surface area (Å²) in [6.07, 6.45) is 2.29. The van der Waals surface area contributed by atoms with E-state index in [2.05, 4.69) is 10.4 Å². The molecule has 0 aliphatic rings. The summed E-state index contributed by atoms with van der Waals surface area (Å²) in [5.41, 5.74) is 7.53. The smallest absolute Gasteiger partial charge is 0.259 e. The van der Waals surface area contributed by atoms with Crippen LogP contribution < -0.4 is 11.1 Å². The fraction of sp³-hybridized carbons (Fsp3) is 0.333. The number of nitrogens with zero attached hydrogens (tertiary/aromatic N) is 2. The molecule has 0 unspecified atom stereocenters. The third kappa shape index (κ3) is 3.28. The van der Waals surface area contributed by atoms with E-state index in [1.165, 1.54) is 12.3 Å². The Balaban J connectivity index is 2.19. The predicted octanol–water partition coefficient (Wildman–Crippen LogP) is 2.24. The lowest BCUT2D eigenvalue weighted by molar-refractivity contribution is 0.102. The maximum atomic E-state index is 13.7. The van der Waals surface area contributed by atoms with Gasteiger partial charge in [0.25, 0.3) is 5.91 Å². The maximum Gasteiger partial charge on any atom is 0.259 e. The SMILES string of the molecule is Cc1cccc(F)c1NC(=O)c1cnn(CCCN)c1C. The molecule has 0 atom stereocenters. The number of aryl methyl sites for hydroxylation is 2. The minimum atomic E-state index is -0.448. The minimum Gasteiger partial charge on any atom is -0.330 e. The number of carbonyl (C=O) groups excluding carboxylic acids is 1.